The summed E-state index contributed by atoms with van der Waals surface area (Å²) in [4.78, 5) is 14.1. The van der Waals surface area contributed by atoms with E-state index < -0.39 is 5.91 Å². The number of nitrogens with one attached hydrogen (secondary N) is 1. The molecule has 110 valence electrons. The van der Waals surface area contributed by atoms with Gasteiger partial charge in [0.15, 0.2) is 0 Å². The van der Waals surface area contributed by atoms with E-state index in [2.05, 4.69) is 5.32 Å². The first-order chi connectivity index (χ1) is 10.6. The molecule has 0 atom stereocenters. The maximum Gasteiger partial charge on any atom is 0.266 e. The van der Waals surface area contributed by atoms with E-state index in [0.29, 0.717) is 5.69 Å². The van der Waals surface area contributed by atoms with E-state index in [1.165, 1.54) is 0 Å². The lowest BCUT2D eigenvalue weighted by molar-refractivity contribution is -0.112. The molecular weight excluding hydrogens is 274 g/mol. The summed E-state index contributed by atoms with van der Waals surface area (Å²) in [6.45, 7) is 0. The van der Waals surface area contributed by atoms with Gasteiger partial charge in [0.2, 0.25) is 0 Å². The van der Waals surface area contributed by atoms with Gasteiger partial charge in [-0.05, 0) is 35.9 Å². The zero-order valence-electron chi connectivity index (χ0n) is 12.6. The highest BCUT2D eigenvalue weighted by Gasteiger charge is 2.09. The molecule has 0 saturated carbocycles. The SMILES string of the molecule is CN(C)c1ccc(NC(=O)/C(C#N)=C\c2ccccc2)cc1. The zero-order valence-corrected chi connectivity index (χ0v) is 12.6. The Balaban J connectivity index is 2.13. The van der Waals surface area contributed by atoms with Gasteiger partial charge in [0, 0.05) is 25.5 Å². The van der Waals surface area contributed by atoms with Gasteiger partial charge in [-0.2, -0.15) is 5.26 Å². The smallest absolute Gasteiger partial charge is 0.266 e. The molecule has 4 nitrogen and oxygen atoms in total. The Morgan fingerprint density at radius 2 is 1.73 bits per heavy atom. The minimum absolute atomic E-state index is 0.0721. The minimum atomic E-state index is -0.413. The molecule has 22 heavy (non-hydrogen) atoms. The summed E-state index contributed by atoms with van der Waals surface area (Å²) >= 11 is 0. The van der Waals surface area contributed by atoms with E-state index in [9.17, 15) is 4.79 Å². The molecule has 0 aliphatic rings. The number of carbonyl (C=O) groups excluding carboxylic acids is 1. The average Bonchev–Trinajstić information content (AvgIpc) is 2.54. The Kier molecular flexibility index (Phi) is 4.94. The summed E-state index contributed by atoms with van der Waals surface area (Å²) in [7, 11) is 3.90. The minimum Gasteiger partial charge on any atom is -0.378 e. The molecule has 0 radical (unpaired) electrons. The Labute approximate surface area is 130 Å². The number of amides is 1. The van der Waals surface area contributed by atoms with Crippen LogP contribution in [-0.2, 0) is 4.79 Å². The predicted octanol–water partition coefficient (Wildman–Crippen LogP) is 3.30. The normalized spacial score (nSPS) is 10.7. The zero-order chi connectivity index (χ0) is 15.9. The Morgan fingerprint density at radius 1 is 1.09 bits per heavy atom. The molecule has 0 aromatic heterocycles. The van der Waals surface area contributed by atoms with E-state index in [4.69, 9.17) is 5.26 Å². The van der Waals surface area contributed by atoms with Crippen LogP contribution in [-0.4, -0.2) is 20.0 Å². The van der Waals surface area contributed by atoms with E-state index in [-0.39, 0.29) is 5.57 Å². The third kappa shape index (κ3) is 3.97. The predicted molar refractivity (Wildman–Crippen MR) is 89.4 cm³/mol. The van der Waals surface area contributed by atoms with Crippen LogP contribution in [0.1, 0.15) is 5.56 Å². The third-order valence-corrected chi connectivity index (χ3v) is 3.12. The van der Waals surface area contributed by atoms with Gasteiger partial charge >= 0.3 is 0 Å². The summed E-state index contributed by atoms with van der Waals surface area (Å²) in [6.07, 6.45) is 1.57. The van der Waals surface area contributed by atoms with Crippen molar-refractivity contribution in [3.05, 3.63) is 65.7 Å². The van der Waals surface area contributed by atoms with Gasteiger partial charge in [-0.1, -0.05) is 30.3 Å². The van der Waals surface area contributed by atoms with Gasteiger partial charge < -0.3 is 10.2 Å². The van der Waals surface area contributed by atoms with Crippen LogP contribution in [0.15, 0.2) is 60.2 Å². The van der Waals surface area contributed by atoms with Crippen LogP contribution in [0.3, 0.4) is 0 Å². The van der Waals surface area contributed by atoms with Gasteiger partial charge in [-0.3, -0.25) is 4.79 Å². The number of anilines is 2. The van der Waals surface area contributed by atoms with Crippen molar-refractivity contribution in [1.29, 1.82) is 5.26 Å². The monoisotopic (exact) mass is 291 g/mol. The number of hydrogen-bond acceptors (Lipinski definition) is 3. The third-order valence-electron chi connectivity index (χ3n) is 3.12. The highest BCUT2D eigenvalue weighted by molar-refractivity contribution is 6.09. The fraction of sp³-hybridized carbons (Fsp3) is 0.111. The fourth-order valence-electron chi connectivity index (χ4n) is 1.91. The van der Waals surface area contributed by atoms with Gasteiger partial charge in [-0.15, -0.1) is 0 Å². The van der Waals surface area contributed by atoms with E-state index in [0.717, 1.165) is 11.3 Å². The second-order valence-corrected chi connectivity index (χ2v) is 4.98. The van der Waals surface area contributed by atoms with Gasteiger partial charge in [0.25, 0.3) is 5.91 Å². The summed E-state index contributed by atoms with van der Waals surface area (Å²) < 4.78 is 0. The van der Waals surface area contributed by atoms with Crippen LogP contribution in [0.2, 0.25) is 0 Å². The summed E-state index contributed by atoms with van der Waals surface area (Å²) in [6, 6.07) is 18.7. The van der Waals surface area contributed by atoms with E-state index in [1.807, 2.05) is 79.7 Å². The second kappa shape index (κ2) is 7.09. The molecule has 0 heterocycles. The molecule has 2 rings (SSSR count). The van der Waals surface area contributed by atoms with E-state index in [1.54, 1.807) is 6.08 Å². The highest BCUT2D eigenvalue weighted by Crippen LogP contribution is 2.16. The topological polar surface area (TPSA) is 56.1 Å². The highest BCUT2D eigenvalue weighted by atomic mass is 16.1. The number of carbonyl (C=O) groups is 1. The maximum absolute atomic E-state index is 12.2. The second-order valence-electron chi connectivity index (χ2n) is 4.98. The Morgan fingerprint density at radius 3 is 2.27 bits per heavy atom. The van der Waals surface area contributed by atoms with Crippen LogP contribution in [0.25, 0.3) is 6.08 Å². The number of nitriles is 1. The van der Waals surface area contributed by atoms with Crippen molar-refractivity contribution in [2.45, 2.75) is 0 Å². The van der Waals surface area contributed by atoms with Crippen molar-refractivity contribution in [1.82, 2.24) is 0 Å². The van der Waals surface area contributed by atoms with Gasteiger partial charge in [0.1, 0.15) is 11.6 Å². The standard InChI is InChI=1S/C18H17N3O/c1-21(2)17-10-8-16(9-11-17)20-18(22)15(13-19)12-14-6-4-3-5-7-14/h3-12H,1-2H3,(H,20,22)/b15-12-. The van der Waals surface area contributed by atoms with Crippen molar-refractivity contribution in [2.75, 3.05) is 24.3 Å². The molecular formula is C18H17N3O. The summed E-state index contributed by atoms with van der Waals surface area (Å²) in [5.74, 6) is -0.413. The van der Waals surface area contributed by atoms with Crippen molar-refractivity contribution >= 4 is 23.4 Å². The largest absolute Gasteiger partial charge is 0.378 e. The number of rotatable bonds is 4. The average molecular weight is 291 g/mol. The maximum atomic E-state index is 12.2. The molecule has 1 amide bonds. The summed E-state index contributed by atoms with van der Waals surface area (Å²) in [5, 5.41) is 11.9. The molecule has 4 heteroatoms. The Bertz CT molecular complexity index is 710. The number of benzene rings is 2. The molecule has 0 unspecified atom stereocenters. The van der Waals surface area contributed by atoms with Crippen molar-refractivity contribution in [2.24, 2.45) is 0 Å². The molecule has 2 aromatic carbocycles. The molecule has 2 aromatic rings. The molecule has 1 N–H and O–H groups in total. The van der Waals surface area contributed by atoms with Crippen molar-refractivity contribution in [3.8, 4) is 6.07 Å². The quantitative estimate of drug-likeness (QED) is 0.694. The van der Waals surface area contributed by atoms with Crippen LogP contribution < -0.4 is 10.2 Å². The first-order valence-corrected chi connectivity index (χ1v) is 6.86. The lowest BCUT2D eigenvalue weighted by atomic mass is 10.1. The molecule has 0 aliphatic carbocycles. The Hall–Kier alpha value is -3.06. The van der Waals surface area contributed by atoms with Gasteiger partial charge in [-0.25, -0.2) is 0 Å². The molecule has 0 aliphatic heterocycles. The molecule has 0 bridgehead atoms. The van der Waals surface area contributed by atoms with Gasteiger partial charge in [0.05, 0.1) is 0 Å². The molecule has 0 spiro atoms. The first-order valence-electron chi connectivity index (χ1n) is 6.86. The number of hydrogen-bond donors (Lipinski definition) is 1. The lowest BCUT2D eigenvalue weighted by Gasteiger charge is -2.12. The van der Waals surface area contributed by atoms with E-state index >= 15 is 0 Å². The summed E-state index contributed by atoms with van der Waals surface area (Å²) in [5.41, 5.74) is 2.59. The van der Waals surface area contributed by atoms with Crippen molar-refractivity contribution in [3.63, 3.8) is 0 Å². The lowest BCUT2D eigenvalue weighted by Crippen LogP contribution is -2.14. The molecule has 0 fully saturated rings. The van der Waals surface area contributed by atoms with Crippen LogP contribution in [0.5, 0.6) is 0 Å². The van der Waals surface area contributed by atoms with Crippen LogP contribution in [0, 0.1) is 11.3 Å². The van der Waals surface area contributed by atoms with Crippen molar-refractivity contribution < 1.29 is 4.79 Å². The van der Waals surface area contributed by atoms with Crippen LogP contribution >= 0.6 is 0 Å². The first kappa shape index (κ1) is 15.3. The number of nitrogens with zero attached hydrogens (tertiary/aromatic N) is 2. The fourth-order valence-corrected chi connectivity index (χ4v) is 1.91. The van der Waals surface area contributed by atoms with Crippen LogP contribution in [0.4, 0.5) is 11.4 Å². The molecule has 0 saturated heterocycles.